The molecular formula is C15H22N2O4. The highest BCUT2D eigenvalue weighted by Crippen LogP contribution is 2.33. The third-order valence-corrected chi connectivity index (χ3v) is 3.63. The molecule has 1 aliphatic rings. The molecule has 1 aromatic carbocycles. The van der Waals surface area contributed by atoms with Gasteiger partial charge < -0.3 is 24.8 Å². The van der Waals surface area contributed by atoms with E-state index >= 15 is 0 Å². The van der Waals surface area contributed by atoms with Crippen LogP contribution in [0.2, 0.25) is 0 Å². The highest BCUT2D eigenvalue weighted by atomic mass is 16.5. The van der Waals surface area contributed by atoms with Gasteiger partial charge in [-0.05, 0) is 19.4 Å². The Balaban J connectivity index is 2.12. The lowest BCUT2D eigenvalue weighted by Gasteiger charge is -2.17. The van der Waals surface area contributed by atoms with Crippen LogP contribution < -0.4 is 24.8 Å². The number of ether oxygens (including phenoxy) is 3. The quantitative estimate of drug-likeness (QED) is 0.822. The highest BCUT2D eigenvalue weighted by Gasteiger charge is 2.22. The van der Waals surface area contributed by atoms with E-state index in [1.54, 1.807) is 33.5 Å². The fraction of sp³-hybridized carbons (Fsp3) is 0.533. The van der Waals surface area contributed by atoms with Crippen LogP contribution in [0.1, 0.15) is 18.4 Å². The standard InChI is InChI=1S/C15H22N2O4/c1-19-10-7-13(20-2)11(14(8-10)21-3)9-17-15(18)12-5-4-6-16-12/h7-8,12,16H,4-6,9H2,1-3H3,(H,17,18). The SMILES string of the molecule is COc1cc(OC)c(CNC(=O)C2CCCN2)c(OC)c1. The number of amides is 1. The predicted molar refractivity (Wildman–Crippen MR) is 79.0 cm³/mol. The summed E-state index contributed by atoms with van der Waals surface area (Å²) in [5.41, 5.74) is 0.798. The number of nitrogens with one attached hydrogen (secondary N) is 2. The van der Waals surface area contributed by atoms with E-state index in [1.807, 2.05) is 0 Å². The first-order valence-corrected chi connectivity index (χ1v) is 6.99. The first-order chi connectivity index (χ1) is 10.2. The Morgan fingerprint density at radius 2 is 1.90 bits per heavy atom. The summed E-state index contributed by atoms with van der Waals surface area (Å²) in [4.78, 5) is 12.1. The van der Waals surface area contributed by atoms with Crippen LogP contribution in [0.5, 0.6) is 17.2 Å². The van der Waals surface area contributed by atoms with Crippen LogP contribution in [-0.4, -0.2) is 39.8 Å². The molecule has 6 heteroatoms. The minimum Gasteiger partial charge on any atom is -0.496 e. The van der Waals surface area contributed by atoms with Crippen molar-refractivity contribution in [1.29, 1.82) is 0 Å². The lowest BCUT2D eigenvalue weighted by Crippen LogP contribution is -2.40. The highest BCUT2D eigenvalue weighted by molar-refractivity contribution is 5.82. The molecule has 1 atom stereocenters. The Morgan fingerprint density at radius 1 is 1.24 bits per heavy atom. The van der Waals surface area contributed by atoms with Gasteiger partial charge in [-0.2, -0.15) is 0 Å². The monoisotopic (exact) mass is 294 g/mol. The molecule has 1 unspecified atom stereocenters. The minimum absolute atomic E-state index is 0.00687. The summed E-state index contributed by atoms with van der Waals surface area (Å²) < 4.78 is 15.9. The smallest absolute Gasteiger partial charge is 0.237 e. The molecule has 21 heavy (non-hydrogen) atoms. The van der Waals surface area contributed by atoms with Gasteiger partial charge in [-0.25, -0.2) is 0 Å². The maximum absolute atomic E-state index is 12.1. The van der Waals surface area contributed by atoms with E-state index in [0.717, 1.165) is 24.9 Å². The summed E-state index contributed by atoms with van der Waals surface area (Å²) in [5.74, 6) is 1.92. The van der Waals surface area contributed by atoms with E-state index < -0.39 is 0 Å². The molecule has 1 heterocycles. The molecule has 0 spiro atoms. The van der Waals surface area contributed by atoms with Gasteiger partial charge in [-0.1, -0.05) is 0 Å². The van der Waals surface area contributed by atoms with Crippen LogP contribution >= 0.6 is 0 Å². The predicted octanol–water partition coefficient (Wildman–Crippen LogP) is 1.08. The van der Waals surface area contributed by atoms with Crippen molar-refractivity contribution in [3.63, 3.8) is 0 Å². The van der Waals surface area contributed by atoms with E-state index in [0.29, 0.717) is 23.8 Å². The molecule has 0 aliphatic carbocycles. The van der Waals surface area contributed by atoms with Gasteiger partial charge in [0.15, 0.2) is 0 Å². The van der Waals surface area contributed by atoms with Crippen LogP contribution in [-0.2, 0) is 11.3 Å². The molecule has 2 rings (SSSR count). The van der Waals surface area contributed by atoms with Gasteiger partial charge in [0.2, 0.25) is 5.91 Å². The molecule has 1 saturated heterocycles. The third kappa shape index (κ3) is 3.58. The second-order valence-corrected chi connectivity index (χ2v) is 4.88. The average molecular weight is 294 g/mol. The van der Waals surface area contributed by atoms with E-state index in [4.69, 9.17) is 14.2 Å². The summed E-state index contributed by atoms with van der Waals surface area (Å²) in [6.07, 6.45) is 1.91. The molecule has 6 nitrogen and oxygen atoms in total. The molecule has 1 fully saturated rings. The van der Waals surface area contributed by atoms with Gasteiger partial charge in [0.1, 0.15) is 17.2 Å². The van der Waals surface area contributed by atoms with Crippen LogP contribution in [0, 0.1) is 0 Å². The van der Waals surface area contributed by atoms with Gasteiger partial charge in [0.25, 0.3) is 0 Å². The zero-order chi connectivity index (χ0) is 15.2. The number of rotatable bonds is 6. The minimum atomic E-state index is -0.0970. The number of methoxy groups -OCH3 is 3. The van der Waals surface area contributed by atoms with Crippen LogP contribution in [0.25, 0.3) is 0 Å². The largest absolute Gasteiger partial charge is 0.496 e. The fourth-order valence-corrected chi connectivity index (χ4v) is 2.46. The first-order valence-electron chi connectivity index (χ1n) is 6.99. The molecule has 116 valence electrons. The van der Waals surface area contributed by atoms with Crippen molar-refractivity contribution in [2.45, 2.75) is 25.4 Å². The Labute approximate surface area is 124 Å². The van der Waals surface area contributed by atoms with Crippen molar-refractivity contribution in [2.24, 2.45) is 0 Å². The van der Waals surface area contributed by atoms with Gasteiger partial charge in [0.05, 0.1) is 39.5 Å². The van der Waals surface area contributed by atoms with E-state index in [-0.39, 0.29) is 11.9 Å². The Kier molecular flexibility index (Phi) is 5.27. The first kappa shape index (κ1) is 15.4. The van der Waals surface area contributed by atoms with Crippen molar-refractivity contribution >= 4 is 5.91 Å². The second-order valence-electron chi connectivity index (χ2n) is 4.88. The maximum atomic E-state index is 12.1. The molecule has 2 N–H and O–H groups in total. The van der Waals surface area contributed by atoms with E-state index in [9.17, 15) is 4.79 Å². The van der Waals surface area contributed by atoms with Crippen LogP contribution in [0.4, 0.5) is 0 Å². The normalized spacial score (nSPS) is 17.4. The van der Waals surface area contributed by atoms with Crippen molar-refractivity contribution in [1.82, 2.24) is 10.6 Å². The van der Waals surface area contributed by atoms with Crippen LogP contribution in [0.15, 0.2) is 12.1 Å². The summed E-state index contributed by atoms with van der Waals surface area (Å²) in [6, 6.07) is 3.45. The number of hydrogen-bond donors (Lipinski definition) is 2. The van der Waals surface area contributed by atoms with Gasteiger partial charge in [0, 0.05) is 12.1 Å². The van der Waals surface area contributed by atoms with E-state index in [1.165, 1.54) is 0 Å². The molecule has 1 aromatic rings. The third-order valence-electron chi connectivity index (χ3n) is 3.63. The lowest BCUT2D eigenvalue weighted by molar-refractivity contribution is -0.122. The summed E-state index contributed by atoms with van der Waals surface area (Å²) in [6.45, 7) is 1.25. The number of hydrogen-bond acceptors (Lipinski definition) is 5. The summed E-state index contributed by atoms with van der Waals surface area (Å²) in [7, 11) is 4.75. The molecule has 0 saturated carbocycles. The van der Waals surface area contributed by atoms with Crippen molar-refractivity contribution in [3.05, 3.63) is 17.7 Å². The Bertz CT molecular complexity index is 473. The summed E-state index contributed by atoms with van der Waals surface area (Å²) >= 11 is 0. The number of benzene rings is 1. The zero-order valence-electron chi connectivity index (χ0n) is 12.7. The topological polar surface area (TPSA) is 68.8 Å². The fourth-order valence-electron chi connectivity index (χ4n) is 2.46. The Morgan fingerprint density at radius 3 is 2.38 bits per heavy atom. The number of carbonyl (C=O) groups is 1. The van der Waals surface area contributed by atoms with Gasteiger partial charge in [-0.15, -0.1) is 0 Å². The van der Waals surface area contributed by atoms with Crippen molar-refractivity contribution in [3.8, 4) is 17.2 Å². The van der Waals surface area contributed by atoms with E-state index in [2.05, 4.69) is 10.6 Å². The molecule has 0 aromatic heterocycles. The van der Waals surface area contributed by atoms with Crippen LogP contribution in [0.3, 0.4) is 0 Å². The lowest BCUT2D eigenvalue weighted by atomic mass is 10.1. The average Bonchev–Trinajstić information content (AvgIpc) is 3.06. The molecule has 0 radical (unpaired) electrons. The zero-order valence-corrected chi connectivity index (χ0v) is 12.7. The summed E-state index contributed by atoms with van der Waals surface area (Å²) in [5, 5.41) is 6.10. The molecule has 1 amide bonds. The molecule has 0 bridgehead atoms. The number of carbonyl (C=O) groups excluding carboxylic acids is 1. The van der Waals surface area contributed by atoms with Gasteiger partial charge in [-0.3, -0.25) is 4.79 Å². The molecular weight excluding hydrogens is 272 g/mol. The van der Waals surface area contributed by atoms with Gasteiger partial charge >= 0.3 is 0 Å². The molecule has 1 aliphatic heterocycles. The second kappa shape index (κ2) is 7.17. The van der Waals surface area contributed by atoms with Crippen molar-refractivity contribution < 1.29 is 19.0 Å². The Hall–Kier alpha value is -1.95. The maximum Gasteiger partial charge on any atom is 0.237 e. The van der Waals surface area contributed by atoms with Crippen molar-refractivity contribution in [2.75, 3.05) is 27.9 Å².